The van der Waals surface area contributed by atoms with Gasteiger partial charge in [-0.3, -0.25) is 0 Å². The van der Waals surface area contributed by atoms with Crippen LogP contribution in [0.25, 0.3) is 0 Å². The van der Waals surface area contributed by atoms with Crippen LogP contribution in [0.2, 0.25) is 0 Å². The third-order valence-corrected chi connectivity index (χ3v) is 1.43. The zero-order chi connectivity index (χ0) is 7.98. The summed E-state index contributed by atoms with van der Waals surface area (Å²) < 4.78 is 0. The number of rotatable bonds is 3. The van der Waals surface area contributed by atoms with E-state index in [1.54, 1.807) is 6.08 Å². The van der Waals surface area contributed by atoms with Crippen LogP contribution in [0.5, 0.6) is 0 Å². The second-order valence-electron chi connectivity index (χ2n) is 2.18. The van der Waals surface area contributed by atoms with Crippen molar-refractivity contribution in [1.29, 1.82) is 0 Å². The fourth-order valence-electron chi connectivity index (χ4n) is 0.518. The fourth-order valence-corrected chi connectivity index (χ4v) is 0.518. The van der Waals surface area contributed by atoms with Gasteiger partial charge in [-0.2, -0.15) is 0 Å². The third kappa shape index (κ3) is 3.13. The standard InChI is InChI=1S/C9H15N/c1-4-6-7-9(10)8(3)5-2/h4,6-7H,1,5,10H2,2-3H3/b7-6-,9-8+. The largest absolute Gasteiger partial charge is 0.399 e. The molecule has 10 heavy (non-hydrogen) atoms. The van der Waals surface area contributed by atoms with E-state index in [1.165, 1.54) is 5.57 Å². The third-order valence-electron chi connectivity index (χ3n) is 1.43. The Hall–Kier alpha value is -0.980. The Balaban J connectivity index is 4.17. The minimum Gasteiger partial charge on any atom is -0.399 e. The summed E-state index contributed by atoms with van der Waals surface area (Å²) >= 11 is 0. The topological polar surface area (TPSA) is 26.0 Å². The summed E-state index contributed by atoms with van der Waals surface area (Å²) in [4.78, 5) is 0. The zero-order valence-electron chi connectivity index (χ0n) is 6.72. The molecule has 56 valence electrons. The number of nitrogens with two attached hydrogens (primary N) is 1. The SMILES string of the molecule is C=C/C=C\C(N)=C(\C)CC. The highest BCUT2D eigenvalue weighted by molar-refractivity contribution is 5.23. The zero-order valence-corrected chi connectivity index (χ0v) is 6.72. The predicted octanol–water partition coefficient (Wildman–Crippen LogP) is 2.37. The molecule has 0 aromatic heterocycles. The van der Waals surface area contributed by atoms with Crippen LogP contribution >= 0.6 is 0 Å². The van der Waals surface area contributed by atoms with Crippen LogP contribution in [0.15, 0.2) is 36.1 Å². The maximum absolute atomic E-state index is 5.66. The summed E-state index contributed by atoms with van der Waals surface area (Å²) in [7, 11) is 0. The molecule has 0 aliphatic heterocycles. The molecule has 0 radical (unpaired) electrons. The van der Waals surface area contributed by atoms with Gasteiger partial charge in [0, 0.05) is 5.70 Å². The average Bonchev–Trinajstić information content (AvgIpc) is 1.98. The van der Waals surface area contributed by atoms with Gasteiger partial charge in [-0.05, 0) is 19.4 Å². The van der Waals surface area contributed by atoms with Crippen molar-refractivity contribution < 1.29 is 0 Å². The second-order valence-corrected chi connectivity index (χ2v) is 2.18. The summed E-state index contributed by atoms with van der Waals surface area (Å²) in [6.07, 6.45) is 6.43. The molecule has 0 rings (SSSR count). The molecular weight excluding hydrogens is 122 g/mol. The smallest absolute Gasteiger partial charge is 0.0302 e. The first-order valence-corrected chi connectivity index (χ1v) is 3.46. The van der Waals surface area contributed by atoms with Gasteiger partial charge >= 0.3 is 0 Å². The van der Waals surface area contributed by atoms with Crippen LogP contribution in [0.3, 0.4) is 0 Å². The Morgan fingerprint density at radius 2 is 2.20 bits per heavy atom. The van der Waals surface area contributed by atoms with E-state index in [4.69, 9.17) is 5.73 Å². The van der Waals surface area contributed by atoms with Gasteiger partial charge in [0.2, 0.25) is 0 Å². The molecule has 0 spiro atoms. The summed E-state index contributed by atoms with van der Waals surface area (Å²) in [5.41, 5.74) is 7.73. The Labute approximate surface area is 62.9 Å². The van der Waals surface area contributed by atoms with Gasteiger partial charge in [0.25, 0.3) is 0 Å². The molecular formula is C9H15N. The molecule has 0 aliphatic rings. The lowest BCUT2D eigenvalue weighted by atomic mass is 10.2. The van der Waals surface area contributed by atoms with Gasteiger partial charge in [-0.1, -0.05) is 31.2 Å². The molecule has 0 atom stereocenters. The molecule has 0 aliphatic carbocycles. The molecule has 0 unspecified atom stereocenters. The highest BCUT2D eigenvalue weighted by Gasteiger charge is 1.87. The maximum Gasteiger partial charge on any atom is 0.0302 e. The maximum atomic E-state index is 5.66. The van der Waals surface area contributed by atoms with E-state index >= 15 is 0 Å². The highest BCUT2D eigenvalue weighted by atomic mass is 14.6. The van der Waals surface area contributed by atoms with Crippen LogP contribution in [0, 0.1) is 0 Å². The quantitative estimate of drug-likeness (QED) is 0.594. The van der Waals surface area contributed by atoms with Gasteiger partial charge in [0.1, 0.15) is 0 Å². The summed E-state index contributed by atoms with van der Waals surface area (Å²) in [5.74, 6) is 0. The van der Waals surface area contributed by atoms with Crippen molar-refractivity contribution in [2.75, 3.05) is 0 Å². The number of hydrogen-bond acceptors (Lipinski definition) is 1. The van der Waals surface area contributed by atoms with Crippen molar-refractivity contribution in [3.05, 3.63) is 36.1 Å². The van der Waals surface area contributed by atoms with Crippen LogP contribution in [-0.4, -0.2) is 0 Å². The average molecular weight is 137 g/mol. The lowest BCUT2D eigenvalue weighted by Gasteiger charge is -1.97. The predicted molar refractivity (Wildman–Crippen MR) is 46.5 cm³/mol. The molecule has 0 fully saturated rings. The first kappa shape index (κ1) is 9.02. The molecule has 1 nitrogen and oxygen atoms in total. The number of hydrogen-bond donors (Lipinski definition) is 1. The van der Waals surface area contributed by atoms with Crippen molar-refractivity contribution in [3.8, 4) is 0 Å². The van der Waals surface area contributed by atoms with E-state index < -0.39 is 0 Å². The van der Waals surface area contributed by atoms with Crippen LogP contribution in [0.4, 0.5) is 0 Å². The van der Waals surface area contributed by atoms with E-state index in [0.717, 1.165) is 12.1 Å². The van der Waals surface area contributed by atoms with Crippen molar-refractivity contribution in [2.24, 2.45) is 5.73 Å². The molecule has 0 saturated carbocycles. The normalized spacial score (nSPS) is 13.4. The van der Waals surface area contributed by atoms with Crippen LogP contribution in [0.1, 0.15) is 20.3 Å². The molecule has 0 bridgehead atoms. The molecule has 0 aromatic carbocycles. The summed E-state index contributed by atoms with van der Waals surface area (Å²) in [6, 6.07) is 0. The monoisotopic (exact) mass is 137 g/mol. The molecule has 0 saturated heterocycles. The van der Waals surface area contributed by atoms with E-state index in [-0.39, 0.29) is 0 Å². The molecule has 0 amide bonds. The van der Waals surface area contributed by atoms with E-state index in [2.05, 4.69) is 13.5 Å². The minimum absolute atomic E-state index is 0.849. The van der Waals surface area contributed by atoms with E-state index in [0.29, 0.717) is 0 Å². The van der Waals surface area contributed by atoms with E-state index in [9.17, 15) is 0 Å². The Morgan fingerprint density at radius 1 is 1.60 bits per heavy atom. The highest BCUT2D eigenvalue weighted by Crippen LogP contribution is 2.02. The number of allylic oxidation sites excluding steroid dienone is 4. The Morgan fingerprint density at radius 3 is 2.60 bits per heavy atom. The molecule has 0 aromatic rings. The second kappa shape index (κ2) is 4.86. The Bertz CT molecular complexity index is 164. The Kier molecular flexibility index (Phi) is 4.38. The lowest BCUT2D eigenvalue weighted by Crippen LogP contribution is -1.96. The fraction of sp³-hybridized carbons (Fsp3) is 0.333. The molecule has 0 heterocycles. The molecule has 2 N–H and O–H groups in total. The van der Waals surface area contributed by atoms with Crippen LogP contribution in [-0.2, 0) is 0 Å². The van der Waals surface area contributed by atoms with Crippen molar-refractivity contribution in [3.63, 3.8) is 0 Å². The first-order valence-electron chi connectivity index (χ1n) is 3.46. The van der Waals surface area contributed by atoms with Crippen molar-refractivity contribution in [1.82, 2.24) is 0 Å². The van der Waals surface area contributed by atoms with Gasteiger partial charge in [-0.25, -0.2) is 0 Å². The minimum atomic E-state index is 0.849. The lowest BCUT2D eigenvalue weighted by molar-refractivity contribution is 1.06. The van der Waals surface area contributed by atoms with Gasteiger partial charge in [0.15, 0.2) is 0 Å². The van der Waals surface area contributed by atoms with E-state index in [1.807, 2.05) is 19.1 Å². The van der Waals surface area contributed by atoms with Gasteiger partial charge in [0.05, 0.1) is 0 Å². The summed E-state index contributed by atoms with van der Waals surface area (Å²) in [5, 5.41) is 0. The van der Waals surface area contributed by atoms with Crippen LogP contribution < -0.4 is 5.73 Å². The summed E-state index contributed by atoms with van der Waals surface area (Å²) in [6.45, 7) is 7.67. The van der Waals surface area contributed by atoms with Gasteiger partial charge in [-0.15, -0.1) is 0 Å². The van der Waals surface area contributed by atoms with Gasteiger partial charge < -0.3 is 5.73 Å². The first-order chi connectivity index (χ1) is 4.72. The van der Waals surface area contributed by atoms with Crippen molar-refractivity contribution >= 4 is 0 Å². The molecule has 1 heteroatoms. The van der Waals surface area contributed by atoms with Crippen molar-refractivity contribution in [2.45, 2.75) is 20.3 Å².